The van der Waals surface area contributed by atoms with Gasteiger partial charge >= 0.3 is 11.9 Å². The molecule has 2 fully saturated rings. The van der Waals surface area contributed by atoms with Gasteiger partial charge in [-0.25, -0.2) is 9.59 Å². The Balaban J connectivity index is 1.78. The fourth-order valence-corrected chi connectivity index (χ4v) is 4.04. The molecule has 1 aliphatic carbocycles. The molecule has 2 N–H and O–H groups in total. The summed E-state index contributed by atoms with van der Waals surface area (Å²) in [6.07, 6.45) is 4.73. The standard InChI is InChI=1S/C24H27NO5/c1-15-10-19(21(24(28)29)12-18(15)23(26)27)20-11-17(13-25-8-2-3-9-25)6-7-22(20)30-14-16-4-5-16/h6-7,10-12,16H,2-5,8-9,13-14H2,1H3,(H,26,27)(H,28,29). The summed E-state index contributed by atoms with van der Waals surface area (Å²) in [7, 11) is 0. The minimum absolute atomic E-state index is 0.00446. The maximum absolute atomic E-state index is 12.0. The van der Waals surface area contributed by atoms with Gasteiger partial charge in [0.15, 0.2) is 0 Å². The molecule has 6 nitrogen and oxygen atoms in total. The third kappa shape index (κ3) is 4.49. The molecule has 0 radical (unpaired) electrons. The molecule has 6 heteroatoms. The molecule has 1 saturated heterocycles. The first-order chi connectivity index (χ1) is 14.4. The molecule has 2 aromatic rings. The van der Waals surface area contributed by atoms with Crippen LogP contribution in [0.2, 0.25) is 0 Å². The van der Waals surface area contributed by atoms with Crippen molar-refractivity contribution in [3.8, 4) is 16.9 Å². The number of carbonyl (C=O) groups is 2. The van der Waals surface area contributed by atoms with Gasteiger partial charge in [0, 0.05) is 17.7 Å². The zero-order valence-electron chi connectivity index (χ0n) is 17.2. The van der Waals surface area contributed by atoms with E-state index in [9.17, 15) is 19.8 Å². The highest BCUT2D eigenvalue weighted by atomic mass is 16.5. The van der Waals surface area contributed by atoms with Gasteiger partial charge in [-0.3, -0.25) is 4.90 Å². The van der Waals surface area contributed by atoms with Crippen molar-refractivity contribution in [3.63, 3.8) is 0 Å². The third-order valence-electron chi connectivity index (χ3n) is 5.94. The highest BCUT2D eigenvalue weighted by molar-refractivity contribution is 6.01. The topological polar surface area (TPSA) is 87.1 Å². The zero-order chi connectivity index (χ0) is 21.3. The first kappa shape index (κ1) is 20.4. The monoisotopic (exact) mass is 409 g/mol. The second-order valence-electron chi connectivity index (χ2n) is 8.39. The number of hydrogen-bond acceptors (Lipinski definition) is 4. The summed E-state index contributed by atoms with van der Waals surface area (Å²) in [6.45, 7) is 5.26. The average Bonchev–Trinajstić information content (AvgIpc) is 3.40. The largest absolute Gasteiger partial charge is 0.493 e. The normalized spacial score (nSPS) is 16.6. The summed E-state index contributed by atoms with van der Waals surface area (Å²) in [6, 6.07) is 8.89. The zero-order valence-corrected chi connectivity index (χ0v) is 17.2. The molecule has 0 amide bonds. The molecule has 1 saturated carbocycles. The maximum atomic E-state index is 12.0. The van der Waals surface area contributed by atoms with Crippen molar-refractivity contribution in [2.24, 2.45) is 5.92 Å². The summed E-state index contributed by atoms with van der Waals surface area (Å²) < 4.78 is 6.07. The van der Waals surface area contributed by atoms with E-state index in [0.29, 0.717) is 35.0 Å². The van der Waals surface area contributed by atoms with Gasteiger partial charge < -0.3 is 14.9 Å². The van der Waals surface area contributed by atoms with Crippen LogP contribution < -0.4 is 4.74 Å². The Morgan fingerprint density at radius 3 is 2.33 bits per heavy atom. The van der Waals surface area contributed by atoms with E-state index < -0.39 is 11.9 Å². The average molecular weight is 409 g/mol. The molecule has 1 heterocycles. The van der Waals surface area contributed by atoms with E-state index in [2.05, 4.69) is 4.90 Å². The van der Waals surface area contributed by atoms with Crippen molar-refractivity contribution in [2.45, 2.75) is 39.2 Å². The van der Waals surface area contributed by atoms with Gasteiger partial charge in [-0.05, 0) is 87.0 Å². The SMILES string of the molecule is Cc1cc(-c2cc(CN3CCCC3)ccc2OCC2CC2)c(C(=O)O)cc1C(=O)O. The summed E-state index contributed by atoms with van der Waals surface area (Å²) in [5, 5.41) is 19.2. The van der Waals surface area contributed by atoms with Gasteiger partial charge in [0.1, 0.15) is 5.75 Å². The molecule has 0 atom stereocenters. The number of carboxylic acid groups (broad SMARTS) is 2. The lowest BCUT2D eigenvalue weighted by Crippen LogP contribution is -2.18. The number of rotatable bonds is 8. The molecule has 0 unspecified atom stereocenters. The van der Waals surface area contributed by atoms with E-state index >= 15 is 0 Å². The molecule has 30 heavy (non-hydrogen) atoms. The molecule has 2 aliphatic rings. The summed E-state index contributed by atoms with van der Waals surface area (Å²) in [5.41, 5.74) is 2.82. The number of aryl methyl sites for hydroxylation is 1. The number of ether oxygens (including phenoxy) is 1. The highest BCUT2D eigenvalue weighted by Gasteiger charge is 2.24. The van der Waals surface area contributed by atoms with Gasteiger partial charge in [-0.15, -0.1) is 0 Å². The second kappa shape index (κ2) is 8.48. The van der Waals surface area contributed by atoms with Crippen LogP contribution in [-0.2, 0) is 6.54 Å². The molecule has 4 rings (SSSR count). The molecular formula is C24H27NO5. The number of likely N-dealkylation sites (tertiary alicyclic amines) is 1. The molecule has 1 aliphatic heterocycles. The summed E-state index contributed by atoms with van der Waals surface area (Å²) >= 11 is 0. The third-order valence-corrected chi connectivity index (χ3v) is 5.94. The Hall–Kier alpha value is -2.86. The van der Waals surface area contributed by atoms with Crippen LogP contribution >= 0.6 is 0 Å². The Kier molecular flexibility index (Phi) is 5.77. The van der Waals surface area contributed by atoms with Crippen molar-refractivity contribution in [1.82, 2.24) is 4.90 Å². The first-order valence-electron chi connectivity index (χ1n) is 10.5. The van der Waals surface area contributed by atoms with Crippen LogP contribution in [0.3, 0.4) is 0 Å². The second-order valence-corrected chi connectivity index (χ2v) is 8.39. The molecule has 0 bridgehead atoms. The number of aromatic carboxylic acids is 2. The smallest absolute Gasteiger partial charge is 0.336 e. The Labute approximate surface area is 176 Å². The van der Waals surface area contributed by atoms with Crippen molar-refractivity contribution in [2.75, 3.05) is 19.7 Å². The van der Waals surface area contributed by atoms with Crippen LogP contribution in [0.4, 0.5) is 0 Å². The van der Waals surface area contributed by atoms with Gasteiger partial charge in [-0.1, -0.05) is 6.07 Å². The molecule has 0 spiro atoms. The predicted molar refractivity (Wildman–Crippen MR) is 113 cm³/mol. The summed E-state index contributed by atoms with van der Waals surface area (Å²) in [4.78, 5) is 25.9. The van der Waals surface area contributed by atoms with Crippen LogP contribution in [0.5, 0.6) is 5.75 Å². The molecular weight excluding hydrogens is 382 g/mol. The van der Waals surface area contributed by atoms with Gasteiger partial charge in [0.2, 0.25) is 0 Å². The summed E-state index contributed by atoms with van der Waals surface area (Å²) in [5.74, 6) is -1.06. The fraction of sp³-hybridized carbons (Fsp3) is 0.417. The van der Waals surface area contributed by atoms with E-state index in [1.807, 2.05) is 18.2 Å². The Morgan fingerprint density at radius 1 is 1.00 bits per heavy atom. The van der Waals surface area contributed by atoms with Crippen LogP contribution in [-0.4, -0.2) is 46.7 Å². The van der Waals surface area contributed by atoms with Crippen LogP contribution in [0.25, 0.3) is 11.1 Å². The lowest BCUT2D eigenvalue weighted by molar-refractivity contribution is 0.0695. The minimum Gasteiger partial charge on any atom is -0.493 e. The van der Waals surface area contributed by atoms with E-state index in [0.717, 1.165) is 38.0 Å². The number of benzene rings is 2. The quantitative estimate of drug-likeness (QED) is 0.670. The van der Waals surface area contributed by atoms with Gasteiger partial charge in [0.25, 0.3) is 0 Å². The number of carboxylic acids is 2. The van der Waals surface area contributed by atoms with Gasteiger partial charge in [-0.2, -0.15) is 0 Å². The van der Waals surface area contributed by atoms with E-state index in [-0.39, 0.29) is 11.1 Å². The predicted octanol–water partition coefficient (Wildman–Crippen LogP) is 4.44. The number of nitrogens with zero attached hydrogens (tertiary/aromatic N) is 1. The highest BCUT2D eigenvalue weighted by Crippen LogP contribution is 2.37. The lowest BCUT2D eigenvalue weighted by atomic mass is 9.92. The molecule has 158 valence electrons. The molecule has 2 aromatic carbocycles. The van der Waals surface area contributed by atoms with Crippen molar-refractivity contribution in [3.05, 3.63) is 52.6 Å². The maximum Gasteiger partial charge on any atom is 0.336 e. The fourth-order valence-electron chi connectivity index (χ4n) is 4.04. The van der Waals surface area contributed by atoms with E-state index in [1.54, 1.807) is 13.0 Å². The molecule has 0 aromatic heterocycles. The Bertz CT molecular complexity index is 974. The van der Waals surface area contributed by atoms with E-state index in [4.69, 9.17) is 4.74 Å². The van der Waals surface area contributed by atoms with Gasteiger partial charge in [0.05, 0.1) is 17.7 Å². The van der Waals surface area contributed by atoms with Crippen LogP contribution in [0, 0.1) is 12.8 Å². The van der Waals surface area contributed by atoms with Crippen LogP contribution in [0.1, 0.15) is 57.5 Å². The minimum atomic E-state index is -1.15. The lowest BCUT2D eigenvalue weighted by Gasteiger charge is -2.19. The van der Waals surface area contributed by atoms with Crippen LogP contribution in [0.15, 0.2) is 30.3 Å². The van der Waals surface area contributed by atoms with Crippen molar-refractivity contribution < 1.29 is 24.5 Å². The Morgan fingerprint density at radius 2 is 1.70 bits per heavy atom. The van der Waals surface area contributed by atoms with Crippen molar-refractivity contribution >= 4 is 11.9 Å². The number of hydrogen-bond donors (Lipinski definition) is 2. The first-order valence-corrected chi connectivity index (χ1v) is 10.5. The van der Waals surface area contributed by atoms with Crippen molar-refractivity contribution in [1.29, 1.82) is 0 Å². The van der Waals surface area contributed by atoms with E-state index in [1.165, 1.54) is 18.9 Å².